The zero-order valence-electron chi connectivity index (χ0n) is 6.99. The van der Waals surface area contributed by atoms with E-state index in [1.807, 2.05) is 0 Å². The predicted molar refractivity (Wildman–Crippen MR) is 58.8 cm³/mol. The van der Waals surface area contributed by atoms with Gasteiger partial charge >= 0.3 is 88.8 Å². The van der Waals surface area contributed by atoms with Crippen molar-refractivity contribution < 1.29 is 0 Å². The number of hydrogen-bond donors (Lipinski definition) is 0. The van der Waals surface area contributed by atoms with Gasteiger partial charge in [-0.2, -0.15) is 0 Å². The zero-order valence-corrected chi connectivity index (χ0v) is 10.4. The molecular weight excluding hydrogens is 290 g/mol. The Balaban J connectivity index is 2.43. The summed E-state index contributed by atoms with van der Waals surface area (Å²) in [6, 6.07) is 13.4. The van der Waals surface area contributed by atoms with Crippen molar-refractivity contribution in [3.05, 3.63) is 42.0 Å². The topological polar surface area (TPSA) is 0 Å². The minimum atomic E-state index is 0.812. The third-order valence-electron chi connectivity index (χ3n) is 2.35. The number of benzene rings is 2. The quantitative estimate of drug-likeness (QED) is 0.643. The van der Waals surface area contributed by atoms with Crippen molar-refractivity contribution in [3.63, 3.8) is 0 Å². The van der Waals surface area contributed by atoms with Crippen molar-refractivity contribution in [3.8, 4) is 0 Å². The average molecular weight is 298 g/mol. The minimum absolute atomic E-state index is 0.812. The maximum atomic E-state index is 2.34. The van der Waals surface area contributed by atoms with Crippen LogP contribution in [-0.2, 0) is 5.32 Å². The van der Waals surface area contributed by atoms with Gasteiger partial charge in [0.1, 0.15) is 0 Å². The molecule has 0 amide bonds. The molecule has 0 saturated heterocycles. The van der Waals surface area contributed by atoms with Crippen LogP contribution in [0.15, 0.2) is 36.4 Å². The predicted octanol–water partition coefficient (Wildman–Crippen LogP) is 1.30. The molecule has 0 fully saturated rings. The summed E-state index contributed by atoms with van der Waals surface area (Å²) in [5, 5.41) is 4.28. The van der Waals surface area contributed by atoms with E-state index in [-0.39, 0.29) is 0 Å². The standard InChI is InChI=1S/C11H8Se2/c1-2-4-9-8(3-1)5-6-11-10(9)7-12-13-11/h1-6H,7H2. The van der Waals surface area contributed by atoms with Gasteiger partial charge in [0, 0.05) is 0 Å². The van der Waals surface area contributed by atoms with E-state index >= 15 is 0 Å². The molecule has 2 heteroatoms. The first-order valence-electron chi connectivity index (χ1n) is 4.25. The Morgan fingerprint density at radius 3 is 2.92 bits per heavy atom. The summed E-state index contributed by atoms with van der Waals surface area (Å²) in [4.78, 5) is 0. The van der Waals surface area contributed by atoms with Crippen LogP contribution >= 0.6 is 0 Å². The molecule has 0 aliphatic carbocycles. The van der Waals surface area contributed by atoms with Gasteiger partial charge in [0.05, 0.1) is 0 Å². The summed E-state index contributed by atoms with van der Waals surface area (Å²) < 4.78 is 1.66. The van der Waals surface area contributed by atoms with Gasteiger partial charge in [-0.1, -0.05) is 0 Å². The monoisotopic (exact) mass is 300 g/mol. The molecule has 0 atom stereocenters. The van der Waals surface area contributed by atoms with E-state index in [4.69, 9.17) is 0 Å². The van der Waals surface area contributed by atoms with Crippen LogP contribution < -0.4 is 4.46 Å². The first-order chi connectivity index (χ1) is 6.45. The fourth-order valence-corrected chi connectivity index (χ4v) is 9.31. The fourth-order valence-electron chi connectivity index (χ4n) is 1.69. The van der Waals surface area contributed by atoms with Crippen LogP contribution in [0.2, 0.25) is 0 Å². The molecule has 0 N–H and O–H groups in total. The Hall–Kier alpha value is -0.261. The van der Waals surface area contributed by atoms with Crippen LogP contribution in [0.3, 0.4) is 0 Å². The van der Waals surface area contributed by atoms with Crippen molar-refractivity contribution in [2.24, 2.45) is 0 Å². The first kappa shape index (κ1) is 8.08. The molecule has 64 valence electrons. The molecular formula is C11H8Se2. The molecule has 0 spiro atoms. The number of rotatable bonds is 0. The van der Waals surface area contributed by atoms with Gasteiger partial charge in [-0.25, -0.2) is 0 Å². The third-order valence-corrected chi connectivity index (χ3v) is 9.16. The van der Waals surface area contributed by atoms with E-state index in [0.717, 1.165) is 26.3 Å². The van der Waals surface area contributed by atoms with Gasteiger partial charge in [0.25, 0.3) is 0 Å². The van der Waals surface area contributed by atoms with Crippen LogP contribution in [0.1, 0.15) is 5.56 Å². The van der Waals surface area contributed by atoms with Gasteiger partial charge in [0.2, 0.25) is 0 Å². The Labute approximate surface area is 88.6 Å². The van der Waals surface area contributed by atoms with Crippen molar-refractivity contribution in [1.82, 2.24) is 0 Å². The van der Waals surface area contributed by atoms with Gasteiger partial charge in [-0.15, -0.1) is 0 Å². The summed E-state index contributed by atoms with van der Waals surface area (Å²) in [6.07, 6.45) is 0. The van der Waals surface area contributed by atoms with Crippen LogP contribution in [0, 0.1) is 0 Å². The normalized spacial score (nSPS) is 14.8. The molecule has 2 aromatic carbocycles. The molecule has 0 nitrogen and oxygen atoms in total. The van der Waals surface area contributed by atoms with Gasteiger partial charge in [0.15, 0.2) is 0 Å². The van der Waals surface area contributed by atoms with Gasteiger partial charge in [-0.3, -0.25) is 0 Å². The van der Waals surface area contributed by atoms with Gasteiger partial charge in [-0.05, 0) is 0 Å². The second-order valence-corrected chi connectivity index (χ2v) is 9.87. The molecule has 0 aromatic heterocycles. The van der Waals surface area contributed by atoms with E-state index in [1.165, 1.54) is 16.1 Å². The maximum absolute atomic E-state index is 2.34. The van der Waals surface area contributed by atoms with Crippen LogP contribution in [-0.4, -0.2) is 26.3 Å². The van der Waals surface area contributed by atoms with Crippen molar-refractivity contribution in [1.29, 1.82) is 0 Å². The van der Waals surface area contributed by atoms with Crippen LogP contribution in [0.5, 0.6) is 0 Å². The van der Waals surface area contributed by atoms with E-state index in [1.54, 1.807) is 10.0 Å². The molecule has 1 aliphatic rings. The summed E-state index contributed by atoms with van der Waals surface area (Å²) in [5.74, 6) is 0. The molecule has 13 heavy (non-hydrogen) atoms. The SMILES string of the molecule is c1ccc2c3c(ccc2c1)[Se][Se]C3. The van der Waals surface area contributed by atoms with E-state index in [0.29, 0.717) is 0 Å². The Morgan fingerprint density at radius 2 is 1.92 bits per heavy atom. The molecule has 0 bridgehead atoms. The Bertz CT molecular complexity index is 463. The molecule has 0 radical (unpaired) electrons. The van der Waals surface area contributed by atoms with E-state index in [2.05, 4.69) is 36.4 Å². The van der Waals surface area contributed by atoms with E-state index in [9.17, 15) is 0 Å². The summed E-state index contributed by atoms with van der Waals surface area (Å²) in [6.45, 7) is 0. The van der Waals surface area contributed by atoms with Crippen molar-refractivity contribution in [2.45, 2.75) is 5.32 Å². The molecule has 1 aliphatic heterocycles. The van der Waals surface area contributed by atoms with E-state index < -0.39 is 0 Å². The van der Waals surface area contributed by atoms with Crippen LogP contribution in [0.25, 0.3) is 10.8 Å². The number of fused-ring (bicyclic) bond motifs is 3. The summed E-state index contributed by atoms with van der Waals surface area (Å²) in [5.41, 5.74) is 1.65. The number of hydrogen-bond acceptors (Lipinski definition) is 0. The fraction of sp³-hybridized carbons (Fsp3) is 0.0909. The van der Waals surface area contributed by atoms with Crippen molar-refractivity contribution >= 4 is 41.5 Å². The summed E-state index contributed by atoms with van der Waals surface area (Å²) >= 11 is 1.70. The Morgan fingerprint density at radius 1 is 1.00 bits per heavy atom. The molecule has 1 heterocycles. The molecule has 2 aromatic rings. The third kappa shape index (κ3) is 1.26. The second-order valence-electron chi connectivity index (χ2n) is 3.11. The Kier molecular flexibility index (Phi) is 1.96. The first-order valence-corrected chi connectivity index (χ1v) is 10.7. The zero-order chi connectivity index (χ0) is 8.67. The summed E-state index contributed by atoms with van der Waals surface area (Å²) in [7, 11) is 0. The average Bonchev–Trinajstić information content (AvgIpc) is 2.65. The van der Waals surface area contributed by atoms with Crippen molar-refractivity contribution in [2.75, 3.05) is 0 Å². The van der Waals surface area contributed by atoms with Crippen LogP contribution in [0.4, 0.5) is 0 Å². The molecule has 0 unspecified atom stereocenters. The molecule has 3 rings (SSSR count). The molecule has 0 saturated carbocycles. The second kappa shape index (κ2) is 3.15. The van der Waals surface area contributed by atoms with Gasteiger partial charge < -0.3 is 0 Å².